The molecule has 7 heteroatoms. The second kappa shape index (κ2) is 4.75. The lowest BCUT2D eigenvalue weighted by Gasteiger charge is -2.11. The van der Waals surface area contributed by atoms with Crippen LogP contribution in [0.1, 0.15) is 16.6 Å². The summed E-state index contributed by atoms with van der Waals surface area (Å²) >= 11 is 1.14. The third-order valence-corrected chi connectivity index (χ3v) is 4.07. The topological polar surface area (TPSA) is 42.0 Å². The molecule has 1 aromatic heterocycles. The van der Waals surface area contributed by atoms with Crippen LogP contribution < -0.4 is 5.32 Å². The number of pyridine rings is 1. The highest BCUT2D eigenvalue weighted by molar-refractivity contribution is 8.14. The first kappa shape index (κ1) is 13.4. The molecule has 0 radical (unpaired) electrons. The number of thioether (sulfide) groups is 1. The predicted molar refractivity (Wildman–Crippen MR) is 70.1 cm³/mol. The van der Waals surface area contributed by atoms with Gasteiger partial charge in [-0.1, -0.05) is 30.0 Å². The van der Waals surface area contributed by atoms with Crippen molar-refractivity contribution in [3.05, 3.63) is 41.6 Å². The average molecular weight is 298 g/mol. The maximum Gasteiger partial charge on any atom is 0.433 e. The molecular formula is C13H9F3N2OS. The number of nitrogens with zero attached hydrogens (tertiary/aromatic N) is 1. The van der Waals surface area contributed by atoms with Gasteiger partial charge in [-0.3, -0.25) is 10.1 Å². The van der Waals surface area contributed by atoms with Crippen LogP contribution in [0.3, 0.4) is 0 Å². The summed E-state index contributed by atoms with van der Waals surface area (Å²) in [6, 6.07) is 7.46. The third kappa shape index (κ3) is 2.51. The molecule has 2 aromatic rings. The monoisotopic (exact) mass is 298 g/mol. The van der Waals surface area contributed by atoms with Crippen LogP contribution in [-0.2, 0) is 11.0 Å². The van der Waals surface area contributed by atoms with Crippen molar-refractivity contribution >= 4 is 27.8 Å². The van der Waals surface area contributed by atoms with E-state index in [2.05, 4.69) is 10.3 Å². The fourth-order valence-electron chi connectivity index (χ4n) is 2.03. The van der Waals surface area contributed by atoms with Crippen LogP contribution in [0.5, 0.6) is 0 Å². The molecular weight excluding hydrogens is 289 g/mol. The van der Waals surface area contributed by atoms with Gasteiger partial charge in [0.05, 0.1) is 17.4 Å². The summed E-state index contributed by atoms with van der Waals surface area (Å²) in [4.78, 5) is 14.9. The molecule has 0 aliphatic carbocycles. The molecule has 1 aliphatic heterocycles. The highest BCUT2D eigenvalue weighted by atomic mass is 32.2. The van der Waals surface area contributed by atoms with Crippen LogP contribution in [0.2, 0.25) is 0 Å². The molecule has 3 nitrogen and oxygen atoms in total. The highest BCUT2D eigenvalue weighted by Crippen LogP contribution is 2.33. The zero-order valence-corrected chi connectivity index (χ0v) is 10.9. The Morgan fingerprint density at radius 3 is 2.65 bits per heavy atom. The number of carbonyl (C=O) groups excluding carboxylic acids is 1. The third-order valence-electron chi connectivity index (χ3n) is 2.99. The van der Waals surface area contributed by atoms with Crippen molar-refractivity contribution in [1.82, 2.24) is 10.3 Å². The van der Waals surface area contributed by atoms with Gasteiger partial charge in [0.25, 0.3) is 0 Å². The minimum atomic E-state index is -4.46. The molecule has 1 aliphatic rings. The fourth-order valence-corrected chi connectivity index (χ4v) is 2.91. The Bertz CT molecular complexity index is 687. The first-order chi connectivity index (χ1) is 9.43. The number of alkyl halides is 3. The summed E-state index contributed by atoms with van der Waals surface area (Å²) < 4.78 is 37.9. The fraction of sp³-hybridized carbons (Fsp3) is 0.231. The first-order valence-electron chi connectivity index (χ1n) is 5.84. The van der Waals surface area contributed by atoms with Crippen LogP contribution in [0.15, 0.2) is 30.3 Å². The van der Waals surface area contributed by atoms with Crippen LogP contribution in [-0.4, -0.2) is 16.6 Å². The van der Waals surface area contributed by atoms with E-state index in [1.807, 2.05) is 0 Å². The van der Waals surface area contributed by atoms with Crippen molar-refractivity contribution in [1.29, 1.82) is 0 Å². The molecule has 0 amide bonds. The molecule has 104 valence electrons. The molecule has 1 unspecified atom stereocenters. The van der Waals surface area contributed by atoms with Gasteiger partial charge >= 0.3 is 6.18 Å². The molecule has 1 saturated heterocycles. The normalized spacial score (nSPS) is 19.8. The van der Waals surface area contributed by atoms with Gasteiger partial charge in [-0.05, 0) is 17.7 Å². The van der Waals surface area contributed by atoms with Gasteiger partial charge in [0, 0.05) is 5.39 Å². The Morgan fingerprint density at radius 1 is 1.25 bits per heavy atom. The van der Waals surface area contributed by atoms with E-state index in [0.29, 0.717) is 5.39 Å². The van der Waals surface area contributed by atoms with E-state index in [-0.39, 0.29) is 22.6 Å². The molecule has 3 rings (SSSR count). The number of aromatic nitrogens is 1. The number of halogens is 3. The first-order valence-corrected chi connectivity index (χ1v) is 6.72. The molecule has 1 N–H and O–H groups in total. The zero-order chi connectivity index (χ0) is 14.3. The summed E-state index contributed by atoms with van der Waals surface area (Å²) in [5.74, 6) is 0. The summed E-state index contributed by atoms with van der Waals surface area (Å²) in [7, 11) is 0. The van der Waals surface area contributed by atoms with Crippen molar-refractivity contribution in [3.63, 3.8) is 0 Å². The lowest BCUT2D eigenvalue weighted by atomic mass is 10.1. The lowest BCUT2D eigenvalue weighted by Crippen LogP contribution is -2.13. The zero-order valence-electron chi connectivity index (χ0n) is 10.1. The van der Waals surface area contributed by atoms with Crippen molar-refractivity contribution in [2.75, 3.05) is 6.54 Å². The number of hydrogen-bond acceptors (Lipinski definition) is 4. The van der Waals surface area contributed by atoms with Crippen LogP contribution in [0.25, 0.3) is 10.9 Å². The van der Waals surface area contributed by atoms with Gasteiger partial charge in [0.2, 0.25) is 5.12 Å². The van der Waals surface area contributed by atoms with Gasteiger partial charge in [0.1, 0.15) is 5.69 Å². The van der Waals surface area contributed by atoms with Crippen LogP contribution >= 0.6 is 11.8 Å². The highest BCUT2D eigenvalue weighted by Gasteiger charge is 2.32. The van der Waals surface area contributed by atoms with Crippen molar-refractivity contribution < 1.29 is 18.0 Å². The minimum absolute atomic E-state index is 0.0205. The Hall–Kier alpha value is -1.60. The quantitative estimate of drug-likeness (QED) is 0.878. The molecule has 0 saturated carbocycles. The van der Waals surface area contributed by atoms with Crippen LogP contribution in [0.4, 0.5) is 13.2 Å². The summed E-state index contributed by atoms with van der Waals surface area (Å²) in [5.41, 5.74) is 0.115. The van der Waals surface area contributed by atoms with Crippen molar-refractivity contribution in [3.8, 4) is 0 Å². The molecule has 1 aromatic carbocycles. The molecule has 0 bridgehead atoms. The average Bonchev–Trinajstić information content (AvgIpc) is 2.83. The Balaban J connectivity index is 2.03. The summed E-state index contributed by atoms with van der Waals surface area (Å²) in [5, 5.41) is 3.43. The Kier molecular flexibility index (Phi) is 3.18. The van der Waals surface area contributed by atoms with E-state index < -0.39 is 11.9 Å². The SMILES string of the molecule is O=C1CNC(c2ccc3ccc(C(F)(F)F)nc3c2)S1. The Morgan fingerprint density at radius 2 is 2.00 bits per heavy atom. The number of fused-ring (bicyclic) bond motifs is 1. The number of hydrogen-bond donors (Lipinski definition) is 1. The standard InChI is InChI=1S/C13H9F3N2OS/c14-13(15,16)10-4-3-7-1-2-8(5-9(7)18-10)12-17-6-11(19)20-12/h1-5,12,17H,6H2. The van der Waals surface area contributed by atoms with Crippen molar-refractivity contribution in [2.45, 2.75) is 11.6 Å². The van der Waals surface area contributed by atoms with Gasteiger partial charge in [-0.15, -0.1) is 0 Å². The number of nitrogens with one attached hydrogen (secondary N) is 1. The van der Waals surface area contributed by atoms with E-state index in [1.54, 1.807) is 18.2 Å². The maximum absolute atomic E-state index is 12.6. The number of rotatable bonds is 1. The molecule has 0 spiro atoms. The van der Waals surface area contributed by atoms with E-state index >= 15 is 0 Å². The molecule has 2 heterocycles. The van der Waals surface area contributed by atoms with Gasteiger partial charge in [-0.25, -0.2) is 4.98 Å². The van der Waals surface area contributed by atoms with E-state index in [9.17, 15) is 18.0 Å². The van der Waals surface area contributed by atoms with Gasteiger partial charge in [-0.2, -0.15) is 13.2 Å². The van der Waals surface area contributed by atoms with Crippen LogP contribution in [0, 0.1) is 0 Å². The molecule has 1 fully saturated rings. The van der Waals surface area contributed by atoms with E-state index in [0.717, 1.165) is 23.4 Å². The lowest BCUT2D eigenvalue weighted by molar-refractivity contribution is -0.141. The maximum atomic E-state index is 12.6. The van der Waals surface area contributed by atoms with Gasteiger partial charge in [0.15, 0.2) is 0 Å². The van der Waals surface area contributed by atoms with Gasteiger partial charge < -0.3 is 0 Å². The molecule has 1 atom stereocenters. The van der Waals surface area contributed by atoms with E-state index in [4.69, 9.17) is 0 Å². The second-order valence-electron chi connectivity index (χ2n) is 4.40. The second-order valence-corrected chi connectivity index (χ2v) is 5.56. The number of benzene rings is 1. The minimum Gasteiger partial charge on any atom is -0.293 e. The predicted octanol–water partition coefficient (Wildman–Crippen LogP) is 3.12. The van der Waals surface area contributed by atoms with E-state index in [1.165, 1.54) is 6.07 Å². The number of carbonyl (C=O) groups is 1. The summed E-state index contributed by atoms with van der Waals surface area (Å²) in [6.45, 7) is 0.267. The summed E-state index contributed by atoms with van der Waals surface area (Å²) in [6.07, 6.45) is -4.46. The van der Waals surface area contributed by atoms with Crippen molar-refractivity contribution in [2.24, 2.45) is 0 Å². The molecule has 20 heavy (non-hydrogen) atoms. The smallest absolute Gasteiger partial charge is 0.293 e. The Labute approximate surface area is 116 Å². The largest absolute Gasteiger partial charge is 0.433 e.